The molecule has 2 aliphatic heterocycles. The Labute approximate surface area is 250 Å². The van der Waals surface area contributed by atoms with E-state index < -0.39 is 51.3 Å². The molecule has 1 N–H and O–H groups in total. The molecule has 2 aliphatic rings. The molecule has 4 aromatic rings. The molecule has 2 aromatic carbocycles. The Morgan fingerprint density at radius 1 is 1.16 bits per heavy atom. The fourth-order valence-corrected chi connectivity index (χ4v) is 6.19. The predicted molar refractivity (Wildman–Crippen MR) is 159 cm³/mol. The van der Waals surface area contributed by atoms with Crippen LogP contribution in [-0.2, 0) is 4.79 Å². The van der Waals surface area contributed by atoms with Gasteiger partial charge in [0.05, 0.1) is 40.5 Å². The number of anilines is 1. The molecule has 0 aliphatic carbocycles. The third-order valence-electron chi connectivity index (χ3n) is 8.26. The van der Waals surface area contributed by atoms with E-state index in [1.165, 1.54) is 12.1 Å². The van der Waals surface area contributed by atoms with Gasteiger partial charge < -0.3 is 19.6 Å². The molecule has 6 rings (SSSR count). The van der Waals surface area contributed by atoms with Crippen molar-refractivity contribution in [3.05, 3.63) is 82.3 Å². The summed E-state index contributed by atoms with van der Waals surface area (Å²) in [6, 6.07) is 4.57. The second-order valence-electron chi connectivity index (χ2n) is 11.2. The highest BCUT2D eigenvalue weighted by atomic mass is 19.1. The Hall–Kier alpha value is -4.87. The Morgan fingerprint density at radius 2 is 1.93 bits per heavy atom. The number of nitrogens with zero attached hydrogens (tertiary/aromatic N) is 5. The summed E-state index contributed by atoms with van der Waals surface area (Å²) in [5.74, 6) is -5.18. The van der Waals surface area contributed by atoms with Gasteiger partial charge in [-0.2, -0.15) is 4.98 Å². The highest BCUT2D eigenvalue weighted by Gasteiger charge is 2.38. The lowest BCUT2D eigenvalue weighted by Crippen LogP contribution is -2.56. The molecule has 12 heteroatoms. The first-order chi connectivity index (χ1) is 21.0. The highest BCUT2D eigenvalue weighted by molar-refractivity contribution is 6.01. The van der Waals surface area contributed by atoms with Crippen molar-refractivity contribution in [1.82, 2.24) is 19.4 Å². The quantitative estimate of drug-likeness (QED) is 0.327. The van der Waals surface area contributed by atoms with Gasteiger partial charge in [-0.05, 0) is 42.7 Å². The molecule has 0 saturated carbocycles. The molecule has 0 bridgehead atoms. The smallest absolute Gasteiger partial charge is 0.354 e. The molecule has 44 heavy (non-hydrogen) atoms. The number of rotatable bonds is 4. The average Bonchev–Trinajstić information content (AvgIpc) is 2.98. The number of benzene rings is 2. The van der Waals surface area contributed by atoms with E-state index in [1.807, 2.05) is 13.8 Å². The normalized spacial score (nSPS) is 16.4. The van der Waals surface area contributed by atoms with E-state index in [1.54, 1.807) is 29.0 Å². The van der Waals surface area contributed by atoms with Crippen molar-refractivity contribution in [2.45, 2.75) is 39.2 Å². The van der Waals surface area contributed by atoms with Crippen molar-refractivity contribution >= 4 is 22.6 Å². The van der Waals surface area contributed by atoms with Crippen LogP contribution in [0.1, 0.15) is 37.4 Å². The Bertz CT molecular complexity index is 1890. The fourth-order valence-electron chi connectivity index (χ4n) is 6.19. The van der Waals surface area contributed by atoms with Gasteiger partial charge in [-0.15, -0.1) is 0 Å². The second kappa shape index (κ2) is 11.0. The number of carbonyl (C=O) groups excluding carboxylic acids is 1. The largest absolute Gasteiger partial charge is 0.507 e. The number of hydrogen-bond donors (Lipinski definition) is 1. The van der Waals surface area contributed by atoms with E-state index in [2.05, 4.69) is 16.5 Å². The van der Waals surface area contributed by atoms with Crippen LogP contribution in [0, 0.1) is 24.4 Å². The molecule has 1 atom stereocenters. The minimum atomic E-state index is -1.28. The number of phenols is 1. The highest BCUT2D eigenvalue weighted by Crippen LogP contribution is 2.47. The summed E-state index contributed by atoms with van der Waals surface area (Å²) < 4.78 is 55.8. The predicted octanol–water partition coefficient (Wildman–Crippen LogP) is 4.99. The molecular formula is C32H30F3N5O4. The van der Waals surface area contributed by atoms with Gasteiger partial charge >= 0.3 is 5.69 Å². The Balaban J connectivity index is 1.77. The van der Waals surface area contributed by atoms with Crippen LogP contribution in [0.25, 0.3) is 27.7 Å². The van der Waals surface area contributed by atoms with Gasteiger partial charge in [0.1, 0.15) is 22.9 Å². The maximum absolute atomic E-state index is 17.1. The van der Waals surface area contributed by atoms with Crippen LogP contribution >= 0.6 is 0 Å². The minimum absolute atomic E-state index is 0.0126. The first-order valence-corrected chi connectivity index (χ1v) is 14.3. The van der Waals surface area contributed by atoms with E-state index in [0.717, 1.165) is 16.7 Å². The zero-order chi connectivity index (χ0) is 31.4. The fraction of sp³-hybridized carbons (Fsp3) is 0.312. The number of ether oxygens (including phenoxy) is 1. The summed E-state index contributed by atoms with van der Waals surface area (Å²) >= 11 is 0. The number of aromatic nitrogens is 3. The SMILES string of the molecule is C=CC(=O)N1CCN2c3nc(=O)n(-c4c(C)ccnc4C(C)C)c4c(F)c(-c5c(O)cccc5F)c(F)c(c34)OCCC2C1. The van der Waals surface area contributed by atoms with Gasteiger partial charge in [-0.3, -0.25) is 14.3 Å². The standard InChI is InChI=1S/C32H30F3N5O4/c1-5-21(42)38-12-13-39-18(15-38)10-14-44-30-24-29(25(34)23(26(30)35)22-19(33)7-6-8-20(22)41)40(32(43)37-31(24)39)28-17(4)9-11-36-27(28)16(2)3/h5-9,11,16,18,41H,1,10,12-15H2,2-4H3. The number of piperazine rings is 1. The van der Waals surface area contributed by atoms with Crippen LogP contribution in [0.4, 0.5) is 19.0 Å². The number of pyridine rings is 1. The summed E-state index contributed by atoms with van der Waals surface area (Å²) in [5, 5.41) is 10.5. The van der Waals surface area contributed by atoms with Crippen LogP contribution in [0.3, 0.4) is 0 Å². The van der Waals surface area contributed by atoms with Crippen LogP contribution in [0.5, 0.6) is 11.5 Å². The Kier molecular flexibility index (Phi) is 7.30. The number of phenolic OH excluding ortho intramolecular Hbond substituents is 1. The van der Waals surface area contributed by atoms with E-state index >= 15 is 13.2 Å². The molecule has 1 fully saturated rings. The summed E-state index contributed by atoms with van der Waals surface area (Å²) in [6.07, 6.45) is 3.10. The van der Waals surface area contributed by atoms with Crippen molar-refractivity contribution in [3.8, 4) is 28.3 Å². The van der Waals surface area contributed by atoms with Gasteiger partial charge in [0, 0.05) is 32.3 Å². The molecule has 2 aromatic heterocycles. The second-order valence-corrected chi connectivity index (χ2v) is 11.2. The van der Waals surface area contributed by atoms with E-state index in [9.17, 15) is 14.7 Å². The van der Waals surface area contributed by atoms with Crippen molar-refractivity contribution in [2.24, 2.45) is 0 Å². The number of hydrogen-bond acceptors (Lipinski definition) is 7. The van der Waals surface area contributed by atoms with Gasteiger partial charge in [-0.1, -0.05) is 26.5 Å². The monoisotopic (exact) mass is 605 g/mol. The maximum atomic E-state index is 17.1. The first-order valence-electron chi connectivity index (χ1n) is 14.3. The molecule has 9 nitrogen and oxygen atoms in total. The maximum Gasteiger partial charge on any atom is 0.354 e. The number of carbonyl (C=O) groups is 1. The molecule has 1 saturated heterocycles. The van der Waals surface area contributed by atoms with E-state index in [4.69, 9.17) is 4.74 Å². The molecule has 0 radical (unpaired) electrons. The van der Waals surface area contributed by atoms with Crippen LogP contribution < -0.4 is 15.3 Å². The molecule has 1 amide bonds. The topological polar surface area (TPSA) is 101 Å². The molecule has 0 spiro atoms. The lowest BCUT2D eigenvalue weighted by Gasteiger charge is -2.43. The minimum Gasteiger partial charge on any atom is -0.507 e. The van der Waals surface area contributed by atoms with Gasteiger partial charge in [0.2, 0.25) is 5.91 Å². The molecule has 228 valence electrons. The zero-order valence-corrected chi connectivity index (χ0v) is 24.4. The summed E-state index contributed by atoms with van der Waals surface area (Å²) in [5.41, 5.74) is -1.54. The van der Waals surface area contributed by atoms with Crippen molar-refractivity contribution in [1.29, 1.82) is 0 Å². The van der Waals surface area contributed by atoms with Crippen LogP contribution in [0.15, 0.2) is 47.9 Å². The lowest BCUT2D eigenvalue weighted by atomic mass is 9.97. The van der Waals surface area contributed by atoms with Crippen LogP contribution in [0.2, 0.25) is 0 Å². The van der Waals surface area contributed by atoms with Gasteiger partial charge in [-0.25, -0.2) is 18.0 Å². The zero-order valence-electron chi connectivity index (χ0n) is 24.4. The third-order valence-corrected chi connectivity index (χ3v) is 8.26. The Morgan fingerprint density at radius 3 is 2.64 bits per heavy atom. The summed E-state index contributed by atoms with van der Waals surface area (Å²) in [6.45, 7) is 9.70. The van der Waals surface area contributed by atoms with Gasteiger partial charge in [0.25, 0.3) is 0 Å². The average molecular weight is 606 g/mol. The number of halogens is 3. The van der Waals surface area contributed by atoms with E-state index in [0.29, 0.717) is 17.7 Å². The lowest BCUT2D eigenvalue weighted by molar-refractivity contribution is -0.126. The number of aromatic hydroxyl groups is 1. The van der Waals surface area contributed by atoms with Gasteiger partial charge in [0.15, 0.2) is 17.4 Å². The number of aryl methyl sites for hydroxylation is 1. The summed E-state index contributed by atoms with van der Waals surface area (Å²) in [7, 11) is 0. The van der Waals surface area contributed by atoms with Crippen molar-refractivity contribution < 1.29 is 27.8 Å². The number of fused-ring (bicyclic) bond motifs is 2. The molecule has 1 unspecified atom stereocenters. The molecule has 4 heterocycles. The van der Waals surface area contributed by atoms with Crippen LogP contribution in [-0.4, -0.2) is 62.7 Å². The van der Waals surface area contributed by atoms with E-state index in [-0.39, 0.29) is 61.0 Å². The summed E-state index contributed by atoms with van der Waals surface area (Å²) in [4.78, 5) is 38.7. The first kappa shape index (κ1) is 29.2. The van der Waals surface area contributed by atoms with Crippen molar-refractivity contribution in [3.63, 3.8) is 0 Å². The van der Waals surface area contributed by atoms with Crippen molar-refractivity contribution in [2.75, 3.05) is 31.1 Å². The number of amides is 1. The third kappa shape index (κ3) is 4.47. The molecular weight excluding hydrogens is 575 g/mol.